The van der Waals surface area contributed by atoms with Crippen molar-refractivity contribution in [1.29, 1.82) is 0 Å². The van der Waals surface area contributed by atoms with Crippen LogP contribution in [0.25, 0.3) is 28.3 Å². The van der Waals surface area contributed by atoms with Gasteiger partial charge in [-0.15, -0.1) is 10.2 Å². The third-order valence-corrected chi connectivity index (χ3v) is 5.67. The number of halogens is 1. The minimum atomic E-state index is -0.419. The van der Waals surface area contributed by atoms with Gasteiger partial charge in [0.15, 0.2) is 17.0 Å². The fourth-order valence-electron chi connectivity index (χ4n) is 3.77. The number of hydrogen-bond donors (Lipinski definition) is 0. The van der Waals surface area contributed by atoms with Crippen molar-refractivity contribution in [3.63, 3.8) is 0 Å². The first-order valence-electron chi connectivity index (χ1n) is 9.31. The number of fused-ring (bicyclic) bond motifs is 3. The number of nitrogens with zero attached hydrogens (tertiary/aromatic N) is 6. The predicted octanol–water partition coefficient (Wildman–Crippen LogP) is 2.45. The van der Waals surface area contributed by atoms with Crippen LogP contribution in [0.5, 0.6) is 0 Å². The Bertz CT molecular complexity index is 1540. The van der Waals surface area contributed by atoms with E-state index in [2.05, 4.69) is 10.2 Å². The first-order valence-corrected chi connectivity index (χ1v) is 9.69. The van der Waals surface area contributed by atoms with Crippen molar-refractivity contribution in [3.05, 3.63) is 86.0 Å². The number of hydrogen-bond acceptors (Lipinski definition) is 4. The van der Waals surface area contributed by atoms with Gasteiger partial charge in [-0.05, 0) is 11.6 Å². The third kappa shape index (κ3) is 2.54. The van der Waals surface area contributed by atoms with Gasteiger partial charge in [0.2, 0.25) is 5.78 Å². The Labute approximate surface area is 175 Å². The maximum atomic E-state index is 13.1. The number of benzene rings is 2. The molecule has 0 unspecified atom stereocenters. The summed E-state index contributed by atoms with van der Waals surface area (Å²) < 4.78 is 6.06. The molecule has 0 amide bonds. The fourth-order valence-corrected chi connectivity index (χ4v) is 3.97. The lowest BCUT2D eigenvalue weighted by molar-refractivity contribution is 0.700. The lowest BCUT2D eigenvalue weighted by Crippen LogP contribution is -2.37. The maximum absolute atomic E-state index is 13.1. The summed E-state index contributed by atoms with van der Waals surface area (Å²) in [6.07, 6.45) is 0. The van der Waals surface area contributed by atoms with E-state index in [1.807, 2.05) is 48.5 Å². The summed E-state index contributed by atoms with van der Waals surface area (Å²) >= 11 is 6.38. The topological polar surface area (TPSA) is 79.1 Å². The Kier molecular flexibility index (Phi) is 4.11. The minimum absolute atomic E-state index is 0.313. The Morgan fingerprint density at radius 3 is 2.33 bits per heavy atom. The van der Waals surface area contributed by atoms with E-state index in [-0.39, 0.29) is 0 Å². The van der Waals surface area contributed by atoms with E-state index in [4.69, 9.17) is 11.6 Å². The maximum Gasteiger partial charge on any atom is 0.332 e. The molecular formula is C21H17ClN6O2. The Morgan fingerprint density at radius 1 is 0.900 bits per heavy atom. The summed E-state index contributed by atoms with van der Waals surface area (Å²) in [6.45, 7) is 0.313. The van der Waals surface area contributed by atoms with Crippen molar-refractivity contribution in [2.75, 3.05) is 0 Å². The van der Waals surface area contributed by atoms with Crippen LogP contribution in [0.15, 0.2) is 64.2 Å². The molecule has 5 aromatic rings. The molecule has 0 bridgehead atoms. The van der Waals surface area contributed by atoms with Gasteiger partial charge < -0.3 is 0 Å². The molecule has 0 spiro atoms. The van der Waals surface area contributed by atoms with E-state index < -0.39 is 11.2 Å². The summed E-state index contributed by atoms with van der Waals surface area (Å²) in [7, 11) is 3.11. The quantitative estimate of drug-likeness (QED) is 0.449. The van der Waals surface area contributed by atoms with Crippen LogP contribution < -0.4 is 11.2 Å². The van der Waals surface area contributed by atoms with Crippen molar-refractivity contribution in [2.24, 2.45) is 14.1 Å². The van der Waals surface area contributed by atoms with Crippen molar-refractivity contribution in [2.45, 2.75) is 6.54 Å². The summed E-state index contributed by atoms with van der Waals surface area (Å²) in [4.78, 5) is 25.8. The first kappa shape index (κ1) is 18.4. The van der Waals surface area contributed by atoms with Gasteiger partial charge in [0.1, 0.15) is 0 Å². The van der Waals surface area contributed by atoms with Crippen LogP contribution in [0.2, 0.25) is 5.02 Å². The lowest BCUT2D eigenvalue weighted by Gasteiger charge is -2.08. The molecule has 0 saturated carbocycles. The molecule has 0 N–H and O–H groups in total. The zero-order valence-electron chi connectivity index (χ0n) is 16.3. The molecule has 3 aromatic heterocycles. The molecule has 0 aliphatic heterocycles. The average molecular weight is 421 g/mol. The smallest absolute Gasteiger partial charge is 0.298 e. The second kappa shape index (κ2) is 6.70. The monoisotopic (exact) mass is 420 g/mol. The molecule has 30 heavy (non-hydrogen) atoms. The second-order valence-corrected chi connectivity index (χ2v) is 7.49. The normalized spacial score (nSPS) is 11.6. The van der Waals surface area contributed by atoms with Crippen LogP contribution in [0.4, 0.5) is 0 Å². The molecule has 2 aromatic carbocycles. The van der Waals surface area contributed by atoms with Crippen LogP contribution in [0, 0.1) is 0 Å². The zero-order valence-corrected chi connectivity index (χ0v) is 17.0. The summed E-state index contributed by atoms with van der Waals surface area (Å²) in [5, 5.41) is 9.31. The van der Waals surface area contributed by atoms with E-state index in [1.54, 1.807) is 22.1 Å². The molecule has 150 valence electrons. The Balaban J connectivity index is 1.94. The van der Waals surface area contributed by atoms with E-state index in [1.165, 1.54) is 11.6 Å². The van der Waals surface area contributed by atoms with E-state index in [0.29, 0.717) is 34.3 Å². The largest absolute Gasteiger partial charge is 0.332 e. The number of aromatic nitrogens is 6. The summed E-state index contributed by atoms with van der Waals surface area (Å²) in [6, 6.07) is 17.0. The number of rotatable bonds is 3. The molecule has 0 aliphatic carbocycles. The van der Waals surface area contributed by atoms with Crippen LogP contribution in [0.3, 0.4) is 0 Å². The highest BCUT2D eigenvalue weighted by Crippen LogP contribution is 2.26. The van der Waals surface area contributed by atoms with Crippen LogP contribution in [-0.4, -0.2) is 28.3 Å². The molecule has 9 heteroatoms. The van der Waals surface area contributed by atoms with Gasteiger partial charge in [-0.3, -0.25) is 18.5 Å². The molecule has 0 radical (unpaired) electrons. The standard InChI is InChI=1S/C21H17ClN6O2/c1-25-18-16(19(29)26(2)21(25)30)27(12-14-10-6-7-11-15(14)22)20-24-23-17(28(18)20)13-8-4-3-5-9-13/h3-11H,12H2,1-2H3. The zero-order chi connectivity index (χ0) is 21.0. The fraction of sp³-hybridized carbons (Fsp3) is 0.143. The van der Waals surface area contributed by atoms with Gasteiger partial charge in [-0.2, -0.15) is 0 Å². The number of imidazole rings is 1. The SMILES string of the molecule is Cn1c(=O)c2c(n(C)c1=O)n1c(-c3ccccc3)nnc1n2Cc1ccccc1Cl. The molecule has 0 aliphatic rings. The van der Waals surface area contributed by atoms with Crippen LogP contribution >= 0.6 is 11.6 Å². The van der Waals surface area contributed by atoms with Gasteiger partial charge in [0, 0.05) is 24.7 Å². The predicted molar refractivity (Wildman–Crippen MR) is 115 cm³/mol. The van der Waals surface area contributed by atoms with Crippen LogP contribution in [0.1, 0.15) is 5.56 Å². The molecule has 5 rings (SSSR count). The van der Waals surface area contributed by atoms with E-state index in [0.717, 1.165) is 15.7 Å². The third-order valence-electron chi connectivity index (χ3n) is 5.30. The van der Waals surface area contributed by atoms with Crippen molar-refractivity contribution >= 4 is 28.5 Å². The Hall–Kier alpha value is -3.65. The van der Waals surface area contributed by atoms with Crippen molar-refractivity contribution in [3.8, 4) is 11.4 Å². The van der Waals surface area contributed by atoms with E-state index in [9.17, 15) is 9.59 Å². The molecule has 3 heterocycles. The van der Waals surface area contributed by atoms with Gasteiger partial charge in [-0.25, -0.2) is 9.20 Å². The highest BCUT2D eigenvalue weighted by atomic mass is 35.5. The molecule has 0 saturated heterocycles. The summed E-state index contributed by atoms with van der Waals surface area (Å²) in [5.74, 6) is 1.01. The van der Waals surface area contributed by atoms with Crippen LogP contribution in [-0.2, 0) is 20.6 Å². The summed E-state index contributed by atoms with van der Waals surface area (Å²) in [5.41, 5.74) is 1.64. The highest BCUT2D eigenvalue weighted by Gasteiger charge is 2.24. The van der Waals surface area contributed by atoms with Gasteiger partial charge in [-0.1, -0.05) is 60.1 Å². The van der Waals surface area contributed by atoms with E-state index >= 15 is 0 Å². The molecular weight excluding hydrogens is 404 g/mol. The van der Waals surface area contributed by atoms with Gasteiger partial charge in [0.25, 0.3) is 5.56 Å². The average Bonchev–Trinajstić information content (AvgIpc) is 3.32. The minimum Gasteiger partial charge on any atom is -0.298 e. The second-order valence-electron chi connectivity index (χ2n) is 7.08. The molecule has 0 atom stereocenters. The van der Waals surface area contributed by atoms with Crippen molar-refractivity contribution < 1.29 is 0 Å². The van der Waals surface area contributed by atoms with Crippen molar-refractivity contribution in [1.82, 2.24) is 28.3 Å². The van der Waals surface area contributed by atoms with Gasteiger partial charge in [0.05, 0.1) is 6.54 Å². The first-order chi connectivity index (χ1) is 14.5. The molecule has 0 fully saturated rings. The lowest BCUT2D eigenvalue weighted by atomic mass is 10.2. The van der Waals surface area contributed by atoms with Gasteiger partial charge >= 0.3 is 5.69 Å². The molecule has 8 nitrogen and oxygen atoms in total. The Morgan fingerprint density at radius 2 is 1.60 bits per heavy atom. The highest BCUT2D eigenvalue weighted by molar-refractivity contribution is 6.31. The number of aryl methyl sites for hydroxylation is 1.